The molecule has 1 aromatic carbocycles. The molecule has 5 rings (SSSR count). The molecule has 4 nitrogen and oxygen atoms in total. The van der Waals surface area contributed by atoms with Crippen LogP contribution in [-0.2, 0) is 11.3 Å². The topological polar surface area (TPSA) is 47.8 Å². The summed E-state index contributed by atoms with van der Waals surface area (Å²) >= 11 is 0. The number of aromatic nitrogens is 3. The first-order valence-corrected chi connectivity index (χ1v) is 9.51. The number of carbonyl (C=O) groups excluding carboxylic acids is 1. The Kier molecular flexibility index (Phi) is 3.97. The second kappa shape index (κ2) is 6.62. The van der Waals surface area contributed by atoms with Gasteiger partial charge in [0.05, 0.1) is 17.9 Å². The van der Waals surface area contributed by atoms with Gasteiger partial charge in [0.15, 0.2) is 0 Å². The van der Waals surface area contributed by atoms with Gasteiger partial charge in [-0.15, -0.1) is 5.10 Å². The molecule has 0 aliphatic heterocycles. The summed E-state index contributed by atoms with van der Waals surface area (Å²) < 4.78 is 2.03. The van der Waals surface area contributed by atoms with Crippen molar-refractivity contribution in [3.63, 3.8) is 0 Å². The molecule has 0 bridgehead atoms. The molecular weight excluding hydrogens is 334 g/mol. The van der Waals surface area contributed by atoms with Crippen molar-refractivity contribution in [1.82, 2.24) is 15.0 Å². The molecule has 4 atom stereocenters. The van der Waals surface area contributed by atoms with Crippen LogP contribution in [0.2, 0.25) is 0 Å². The molecule has 3 aliphatic rings. The van der Waals surface area contributed by atoms with Gasteiger partial charge in [-0.3, -0.25) is 4.79 Å². The van der Waals surface area contributed by atoms with Gasteiger partial charge in [0.25, 0.3) is 0 Å². The van der Waals surface area contributed by atoms with Gasteiger partial charge in [-0.05, 0) is 11.5 Å². The quantitative estimate of drug-likeness (QED) is 0.819. The van der Waals surface area contributed by atoms with Crippen LogP contribution in [0.1, 0.15) is 35.2 Å². The summed E-state index contributed by atoms with van der Waals surface area (Å²) in [5.74, 6) is 0.416. The van der Waals surface area contributed by atoms with Crippen molar-refractivity contribution < 1.29 is 4.79 Å². The number of ketones is 1. The highest BCUT2D eigenvalue weighted by molar-refractivity contribution is 5.85. The van der Waals surface area contributed by atoms with Crippen LogP contribution in [0.25, 0.3) is 0 Å². The van der Waals surface area contributed by atoms with Gasteiger partial charge in [-0.25, -0.2) is 4.68 Å². The zero-order valence-corrected chi connectivity index (χ0v) is 15.0. The van der Waals surface area contributed by atoms with Gasteiger partial charge in [0, 0.05) is 24.2 Å². The Labute approximate surface area is 158 Å². The van der Waals surface area contributed by atoms with Crippen molar-refractivity contribution in [3.05, 3.63) is 95.9 Å². The maximum Gasteiger partial charge on any atom is 0.141 e. The van der Waals surface area contributed by atoms with Crippen LogP contribution in [0.5, 0.6) is 0 Å². The fourth-order valence-corrected chi connectivity index (χ4v) is 4.47. The number of rotatable bonds is 2. The Hall–Kier alpha value is -3.01. The highest BCUT2D eigenvalue weighted by Crippen LogP contribution is 2.43. The van der Waals surface area contributed by atoms with E-state index in [0.717, 1.165) is 11.4 Å². The second-order valence-corrected chi connectivity index (χ2v) is 7.45. The van der Waals surface area contributed by atoms with Gasteiger partial charge in [-0.1, -0.05) is 84.2 Å². The Balaban J connectivity index is 1.65. The first-order chi connectivity index (χ1) is 13.3. The molecule has 0 unspecified atom stereocenters. The van der Waals surface area contributed by atoms with Crippen LogP contribution in [0.15, 0.2) is 78.9 Å². The molecule has 27 heavy (non-hydrogen) atoms. The van der Waals surface area contributed by atoms with Crippen LogP contribution in [0.4, 0.5) is 0 Å². The minimum absolute atomic E-state index is 0.0257. The van der Waals surface area contributed by atoms with Crippen molar-refractivity contribution >= 4 is 5.78 Å². The lowest BCUT2D eigenvalue weighted by molar-refractivity contribution is -0.122. The third kappa shape index (κ3) is 2.81. The van der Waals surface area contributed by atoms with Gasteiger partial charge in [0.2, 0.25) is 0 Å². The third-order valence-corrected chi connectivity index (χ3v) is 5.80. The highest BCUT2D eigenvalue weighted by atomic mass is 16.1. The number of benzene rings is 1. The lowest BCUT2D eigenvalue weighted by Crippen LogP contribution is -2.30. The van der Waals surface area contributed by atoms with E-state index in [1.165, 1.54) is 5.56 Å². The lowest BCUT2D eigenvalue weighted by atomic mass is 9.71. The van der Waals surface area contributed by atoms with Gasteiger partial charge in [-0.2, -0.15) is 0 Å². The number of hydrogen-bond donors (Lipinski definition) is 0. The molecule has 4 heteroatoms. The Morgan fingerprint density at radius 3 is 2.41 bits per heavy atom. The molecule has 0 saturated heterocycles. The van der Waals surface area contributed by atoms with Gasteiger partial charge >= 0.3 is 0 Å². The largest absolute Gasteiger partial charge is 0.299 e. The van der Waals surface area contributed by atoms with Crippen LogP contribution in [0.3, 0.4) is 0 Å². The van der Waals surface area contributed by atoms with Crippen molar-refractivity contribution in [1.29, 1.82) is 0 Å². The lowest BCUT2D eigenvalue weighted by Gasteiger charge is -2.32. The minimum Gasteiger partial charge on any atom is -0.299 e. The smallest absolute Gasteiger partial charge is 0.141 e. The first kappa shape index (κ1) is 16.2. The van der Waals surface area contributed by atoms with E-state index in [1.54, 1.807) is 0 Å². The zero-order chi connectivity index (χ0) is 18.2. The Morgan fingerprint density at radius 1 is 0.889 bits per heavy atom. The number of carbonyl (C=O) groups is 1. The minimum atomic E-state index is -0.143. The van der Waals surface area contributed by atoms with Crippen molar-refractivity contribution in [2.45, 2.75) is 24.8 Å². The molecule has 0 fully saturated rings. The maximum atomic E-state index is 13.0. The molecule has 2 aromatic rings. The predicted molar refractivity (Wildman–Crippen MR) is 104 cm³/mol. The zero-order valence-electron chi connectivity index (χ0n) is 15.0. The Morgan fingerprint density at radius 2 is 1.59 bits per heavy atom. The number of nitrogens with zero attached hydrogens (tertiary/aromatic N) is 3. The summed E-state index contributed by atoms with van der Waals surface area (Å²) in [6.45, 7) is 0.689. The standard InChI is InChI=1S/C23H21N3O/c27-21-14-17-10-4-5-11-18(17)23-22(20-13-7-6-12-19(20)21)24-25-26(23)15-16-8-2-1-3-9-16/h1-13,17-20H,14-15H2/t17-,18-,19-,20+/m0/s1. The molecule has 0 N–H and O–H groups in total. The second-order valence-electron chi connectivity index (χ2n) is 7.45. The molecule has 0 amide bonds. The average molecular weight is 355 g/mol. The molecule has 0 saturated carbocycles. The molecule has 1 heterocycles. The summed E-state index contributed by atoms with van der Waals surface area (Å²) in [6.07, 6.45) is 17.2. The van der Waals surface area contributed by atoms with Crippen LogP contribution < -0.4 is 0 Å². The summed E-state index contributed by atoms with van der Waals surface area (Å²) in [7, 11) is 0. The van der Waals surface area contributed by atoms with E-state index >= 15 is 0 Å². The van der Waals surface area contributed by atoms with Crippen LogP contribution in [-0.4, -0.2) is 20.8 Å². The molecule has 1 aromatic heterocycles. The molecule has 0 radical (unpaired) electrons. The maximum absolute atomic E-state index is 13.0. The SMILES string of the molecule is O=C1C[C@@H]2C=CC=C[C@@H]2c2c(nnn2Cc2ccccc2)[C@@H]2C=CC=C[C@H]12. The summed E-state index contributed by atoms with van der Waals surface area (Å²) in [5, 5.41) is 9.10. The number of fused-ring (bicyclic) bond motifs is 5. The Bertz CT molecular complexity index is 980. The van der Waals surface area contributed by atoms with E-state index < -0.39 is 0 Å². The summed E-state index contributed by atoms with van der Waals surface area (Å²) in [5.41, 5.74) is 3.29. The van der Waals surface area contributed by atoms with E-state index in [4.69, 9.17) is 0 Å². The van der Waals surface area contributed by atoms with Crippen molar-refractivity contribution in [3.8, 4) is 0 Å². The summed E-state index contributed by atoms with van der Waals surface area (Å²) in [4.78, 5) is 13.0. The fourth-order valence-electron chi connectivity index (χ4n) is 4.47. The van der Waals surface area contributed by atoms with Gasteiger partial charge in [0.1, 0.15) is 5.78 Å². The predicted octanol–water partition coefficient (Wildman–Crippen LogP) is 3.95. The van der Waals surface area contributed by atoms with E-state index in [9.17, 15) is 4.79 Å². The van der Waals surface area contributed by atoms with Crippen LogP contribution in [0, 0.1) is 11.8 Å². The number of allylic oxidation sites excluding steroid dienone is 8. The number of hydrogen-bond acceptors (Lipinski definition) is 3. The normalized spacial score (nSPS) is 28.2. The van der Waals surface area contributed by atoms with Crippen LogP contribution >= 0.6 is 0 Å². The fraction of sp³-hybridized carbons (Fsp3) is 0.261. The molecule has 134 valence electrons. The summed E-state index contributed by atoms with van der Waals surface area (Å²) in [6, 6.07) is 10.3. The molecule has 3 aliphatic carbocycles. The molecular formula is C23H21N3O. The van der Waals surface area contributed by atoms with E-state index in [0.29, 0.717) is 18.7 Å². The average Bonchev–Trinajstić information content (AvgIpc) is 3.11. The van der Waals surface area contributed by atoms with E-state index in [-0.39, 0.29) is 23.7 Å². The van der Waals surface area contributed by atoms with Gasteiger partial charge < -0.3 is 0 Å². The molecule has 0 spiro atoms. The van der Waals surface area contributed by atoms with E-state index in [2.05, 4.69) is 52.8 Å². The third-order valence-electron chi connectivity index (χ3n) is 5.80. The monoisotopic (exact) mass is 355 g/mol. The number of Topliss-reactive ketones (excluding diaryl/α,β-unsaturated/α-hetero) is 1. The van der Waals surface area contributed by atoms with E-state index in [1.807, 2.05) is 41.1 Å². The first-order valence-electron chi connectivity index (χ1n) is 9.51. The van der Waals surface area contributed by atoms with Crippen molar-refractivity contribution in [2.24, 2.45) is 11.8 Å². The highest BCUT2D eigenvalue weighted by Gasteiger charge is 2.39. The van der Waals surface area contributed by atoms with Crippen molar-refractivity contribution in [2.75, 3.05) is 0 Å².